The summed E-state index contributed by atoms with van der Waals surface area (Å²) in [6, 6.07) is 17.3. The van der Waals surface area contributed by atoms with Gasteiger partial charge in [0.1, 0.15) is 0 Å². The minimum absolute atomic E-state index is 0.133. The lowest BCUT2D eigenvalue weighted by Crippen LogP contribution is -2.12. The lowest BCUT2D eigenvalue weighted by atomic mass is 9.84. The van der Waals surface area contributed by atoms with E-state index in [0.29, 0.717) is 0 Å². The van der Waals surface area contributed by atoms with Crippen molar-refractivity contribution < 1.29 is 0 Å². The van der Waals surface area contributed by atoms with Gasteiger partial charge in [-0.25, -0.2) is 0 Å². The molecule has 2 aromatic carbocycles. The second-order valence-corrected chi connectivity index (χ2v) is 6.08. The van der Waals surface area contributed by atoms with Gasteiger partial charge in [0, 0.05) is 17.1 Å². The average molecular weight is 249 g/mol. The van der Waals surface area contributed by atoms with Crippen LogP contribution in [0.15, 0.2) is 54.7 Å². The summed E-state index contributed by atoms with van der Waals surface area (Å²) in [6.07, 6.45) is 2.02. The highest BCUT2D eigenvalue weighted by atomic mass is 14.7. The third-order valence-corrected chi connectivity index (χ3v) is 3.57. The van der Waals surface area contributed by atoms with Crippen LogP contribution in [0, 0.1) is 0 Å². The molecular weight excluding hydrogens is 230 g/mol. The first-order valence-corrected chi connectivity index (χ1v) is 6.73. The van der Waals surface area contributed by atoms with Crippen LogP contribution in [-0.4, -0.2) is 4.98 Å². The summed E-state index contributed by atoms with van der Waals surface area (Å²) in [7, 11) is 0. The monoisotopic (exact) mass is 249 g/mol. The fourth-order valence-corrected chi connectivity index (χ4v) is 2.56. The van der Waals surface area contributed by atoms with Crippen molar-refractivity contribution in [1.29, 1.82) is 0 Å². The minimum atomic E-state index is 0.133. The van der Waals surface area contributed by atoms with Gasteiger partial charge in [-0.05, 0) is 40.3 Å². The van der Waals surface area contributed by atoms with Crippen molar-refractivity contribution in [2.75, 3.05) is 0 Å². The van der Waals surface area contributed by atoms with Crippen LogP contribution in [0.25, 0.3) is 22.0 Å². The number of aromatic amines is 1. The maximum atomic E-state index is 3.37. The second kappa shape index (κ2) is 4.27. The number of fused-ring (bicyclic) bond motifs is 1. The van der Waals surface area contributed by atoms with Crippen molar-refractivity contribution in [3.8, 4) is 11.1 Å². The topological polar surface area (TPSA) is 15.8 Å². The molecule has 0 amide bonds. The molecule has 0 aliphatic carbocycles. The van der Waals surface area contributed by atoms with Gasteiger partial charge in [-0.1, -0.05) is 51.1 Å². The van der Waals surface area contributed by atoms with Gasteiger partial charge in [-0.15, -0.1) is 0 Å². The van der Waals surface area contributed by atoms with E-state index in [-0.39, 0.29) is 5.41 Å². The highest BCUT2D eigenvalue weighted by molar-refractivity contribution is 5.88. The molecule has 1 heteroatoms. The molecule has 0 spiro atoms. The van der Waals surface area contributed by atoms with Crippen LogP contribution in [-0.2, 0) is 5.41 Å². The smallest absolute Gasteiger partial charge is 0.0492 e. The molecule has 0 unspecified atom stereocenters. The molecule has 0 saturated heterocycles. The van der Waals surface area contributed by atoms with Crippen molar-refractivity contribution in [1.82, 2.24) is 4.98 Å². The predicted molar refractivity (Wildman–Crippen MR) is 82.4 cm³/mol. The predicted octanol–water partition coefficient (Wildman–Crippen LogP) is 5.13. The van der Waals surface area contributed by atoms with E-state index >= 15 is 0 Å². The average Bonchev–Trinajstić information content (AvgIpc) is 2.85. The molecule has 0 saturated carbocycles. The summed E-state index contributed by atoms with van der Waals surface area (Å²) in [5.41, 5.74) is 5.32. The molecule has 0 aliphatic heterocycles. The molecule has 0 fully saturated rings. The van der Waals surface area contributed by atoms with Gasteiger partial charge >= 0.3 is 0 Å². The molecular formula is C18H19N. The van der Waals surface area contributed by atoms with Crippen LogP contribution in [0.3, 0.4) is 0 Å². The largest absolute Gasteiger partial charge is 0.361 e. The Balaban J connectivity index is 2.28. The Bertz CT molecular complexity index is 699. The minimum Gasteiger partial charge on any atom is -0.361 e. The number of H-pyrrole nitrogens is 1. The van der Waals surface area contributed by atoms with Crippen molar-refractivity contribution in [2.24, 2.45) is 0 Å². The fraction of sp³-hybridized carbons (Fsp3) is 0.222. The Hall–Kier alpha value is -2.02. The van der Waals surface area contributed by atoms with E-state index in [1.807, 2.05) is 6.20 Å². The van der Waals surface area contributed by atoms with E-state index in [1.54, 1.807) is 0 Å². The van der Waals surface area contributed by atoms with Crippen LogP contribution < -0.4 is 0 Å². The molecule has 0 aliphatic rings. The van der Waals surface area contributed by atoms with E-state index in [2.05, 4.69) is 74.3 Å². The Kier molecular flexibility index (Phi) is 2.70. The molecule has 0 radical (unpaired) electrons. The summed E-state index contributed by atoms with van der Waals surface area (Å²) in [5, 5.41) is 1.28. The molecule has 0 bridgehead atoms. The van der Waals surface area contributed by atoms with Crippen molar-refractivity contribution in [2.45, 2.75) is 26.2 Å². The van der Waals surface area contributed by atoms with Gasteiger partial charge < -0.3 is 4.98 Å². The molecule has 1 N–H and O–H groups in total. The molecule has 0 atom stereocenters. The first kappa shape index (κ1) is 12.0. The molecule has 3 aromatic rings. The van der Waals surface area contributed by atoms with Gasteiger partial charge in [0.25, 0.3) is 0 Å². The van der Waals surface area contributed by atoms with Crippen molar-refractivity contribution in [3.63, 3.8) is 0 Å². The summed E-state index contributed by atoms with van der Waals surface area (Å²) < 4.78 is 0. The first-order chi connectivity index (χ1) is 9.05. The second-order valence-electron chi connectivity index (χ2n) is 6.08. The number of hydrogen-bond acceptors (Lipinski definition) is 0. The zero-order chi connectivity index (χ0) is 13.5. The normalized spacial score (nSPS) is 11.9. The SMILES string of the molecule is CC(C)(C)c1cc(-c2ccccc2)cc2cc[nH]c12. The van der Waals surface area contributed by atoms with E-state index < -0.39 is 0 Å². The maximum absolute atomic E-state index is 3.37. The third kappa shape index (κ3) is 2.17. The van der Waals surface area contributed by atoms with Gasteiger partial charge in [-0.3, -0.25) is 0 Å². The standard InChI is InChI=1S/C18H19N/c1-18(2,3)16-12-15(13-7-5-4-6-8-13)11-14-9-10-19-17(14)16/h4-12,19H,1-3H3. The lowest BCUT2D eigenvalue weighted by molar-refractivity contribution is 0.595. The number of hydrogen-bond donors (Lipinski definition) is 1. The highest BCUT2D eigenvalue weighted by Crippen LogP contribution is 2.33. The summed E-state index contributed by atoms with van der Waals surface area (Å²) in [5.74, 6) is 0. The van der Waals surface area contributed by atoms with Crippen LogP contribution in [0.1, 0.15) is 26.3 Å². The van der Waals surface area contributed by atoms with Crippen molar-refractivity contribution in [3.05, 3.63) is 60.3 Å². The van der Waals surface area contributed by atoms with Gasteiger partial charge in [0.2, 0.25) is 0 Å². The van der Waals surface area contributed by atoms with Crippen LogP contribution in [0.5, 0.6) is 0 Å². The Morgan fingerprint density at radius 2 is 1.58 bits per heavy atom. The van der Waals surface area contributed by atoms with Crippen molar-refractivity contribution >= 4 is 10.9 Å². The molecule has 1 nitrogen and oxygen atoms in total. The zero-order valence-electron chi connectivity index (χ0n) is 11.7. The number of nitrogens with one attached hydrogen (secondary N) is 1. The molecule has 3 rings (SSSR count). The highest BCUT2D eigenvalue weighted by Gasteiger charge is 2.18. The number of rotatable bonds is 1. The summed E-state index contributed by atoms with van der Waals surface area (Å²) >= 11 is 0. The lowest BCUT2D eigenvalue weighted by Gasteiger charge is -2.21. The first-order valence-electron chi connectivity index (χ1n) is 6.73. The summed E-state index contributed by atoms with van der Waals surface area (Å²) in [4.78, 5) is 3.37. The van der Waals surface area contributed by atoms with Crippen LogP contribution in [0.4, 0.5) is 0 Å². The van der Waals surface area contributed by atoms with Crippen LogP contribution in [0.2, 0.25) is 0 Å². The third-order valence-electron chi connectivity index (χ3n) is 3.57. The Morgan fingerprint density at radius 3 is 2.26 bits per heavy atom. The Labute approximate surface area is 114 Å². The molecule has 96 valence electrons. The molecule has 1 heterocycles. The molecule has 19 heavy (non-hydrogen) atoms. The van der Waals surface area contributed by atoms with Gasteiger partial charge in [-0.2, -0.15) is 0 Å². The maximum Gasteiger partial charge on any atom is 0.0492 e. The van der Waals surface area contributed by atoms with E-state index in [1.165, 1.54) is 27.6 Å². The van der Waals surface area contributed by atoms with E-state index in [4.69, 9.17) is 0 Å². The van der Waals surface area contributed by atoms with Crippen LogP contribution >= 0.6 is 0 Å². The van der Waals surface area contributed by atoms with E-state index in [0.717, 1.165) is 0 Å². The van der Waals surface area contributed by atoms with E-state index in [9.17, 15) is 0 Å². The Morgan fingerprint density at radius 1 is 0.842 bits per heavy atom. The fourth-order valence-electron chi connectivity index (χ4n) is 2.56. The number of benzene rings is 2. The van der Waals surface area contributed by atoms with Gasteiger partial charge in [0.15, 0.2) is 0 Å². The zero-order valence-corrected chi connectivity index (χ0v) is 11.7. The molecule has 1 aromatic heterocycles. The number of aromatic nitrogens is 1. The quantitative estimate of drug-likeness (QED) is 0.615. The van der Waals surface area contributed by atoms with Gasteiger partial charge in [0.05, 0.1) is 0 Å². The summed E-state index contributed by atoms with van der Waals surface area (Å²) in [6.45, 7) is 6.78.